The van der Waals surface area contributed by atoms with Crippen molar-refractivity contribution in [1.29, 1.82) is 0 Å². The van der Waals surface area contributed by atoms with Gasteiger partial charge in [-0.2, -0.15) is 0 Å². The molecular weight excluding hydrogens is 330 g/mol. The molecule has 0 aliphatic heterocycles. The van der Waals surface area contributed by atoms with Gasteiger partial charge < -0.3 is 5.32 Å². The fraction of sp³-hybridized carbons (Fsp3) is 0.211. The van der Waals surface area contributed by atoms with E-state index in [0.717, 1.165) is 12.1 Å². The molecule has 0 aliphatic carbocycles. The molecule has 0 radical (unpaired) electrons. The Kier molecular flexibility index (Phi) is 5.40. The predicted octanol–water partition coefficient (Wildman–Crippen LogP) is 4.01. The van der Waals surface area contributed by atoms with E-state index in [1.54, 1.807) is 11.0 Å². The molecule has 0 aliphatic rings. The standard InChI is InChI=1S/C19H21N5S/c1-3-16-9-4-5-10-17(16)21-19(25)22-18-20-13-24(23-18)12-15-8-6-7-14(2)11-15/h4-11,13H,3,12H2,1-2H3,(H2,21,22,23,25). The Morgan fingerprint density at radius 2 is 1.96 bits per heavy atom. The summed E-state index contributed by atoms with van der Waals surface area (Å²) in [5.41, 5.74) is 4.64. The molecular formula is C19H21N5S. The molecule has 0 spiro atoms. The van der Waals surface area contributed by atoms with Crippen molar-refractivity contribution in [3.05, 3.63) is 71.5 Å². The Labute approximate surface area is 153 Å². The van der Waals surface area contributed by atoms with Crippen LogP contribution in [0.1, 0.15) is 23.6 Å². The largest absolute Gasteiger partial charge is 0.332 e. The van der Waals surface area contributed by atoms with Crippen LogP contribution in [0.5, 0.6) is 0 Å². The molecule has 0 saturated heterocycles. The van der Waals surface area contributed by atoms with Crippen LogP contribution >= 0.6 is 12.2 Å². The number of nitrogens with one attached hydrogen (secondary N) is 2. The summed E-state index contributed by atoms with van der Waals surface area (Å²) >= 11 is 5.37. The van der Waals surface area contributed by atoms with Crippen LogP contribution in [-0.2, 0) is 13.0 Å². The zero-order valence-corrected chi connectivity index (χ0v) is 15.2. The molecule has 1 heterocycles. The Morgan fingerprint density at radius 3 is 2.76 bits per heavy atom. The Bertz CT molecular complexity index is 872. The molecule has 25 heavy (non-hydrogen) atoms. The normalized spacial score (nSPS) is 10.5. The van der Waals surface area contributed by atoms with Gasteiger partial charge >= 0.3 is 0 Å². The van der Waals surface area contributed by atoms with Crippen molar-refractivity contribution in [1.82, 2.24) is 14.8 Å². The molecule has 2 N–H and O–H groups in total. The minimum Gasteiger partial charge on any atom is -0.332 e. The molecule has 6 heteroatoms. The van der Waals surface area contributed by atoms with Gasteiger partial charge in [0.1, 0.15) is 6.33 Å². The number of hydrogen-bond acceptors (Lipinski definition) is 3. The zero-order valence-electron chi connectivity index (χ0n) is 14.4. The van der Waals surface area contributed by atoms with E-state index in [4.69, 9.17) is 12.2 Å². The third kappa shape index (κ3) is 4.64. The third-order valence-electron chi connectivity index (χ3n) is 3.84. The molecule has 2 aromatic carbocycles. The Hall–Kier alpha value is -2.73. The quantitative estimate of drug-likeness (QED) is 0.680. The van der Waals surface area contributed by atoms with Crippen molar-refractivity contribution in [2.24, 2.45) is 0 Å². The number of hydrogen-bond donors (Lipinski definition) is 2. The molecule has 0 unspecified atom stereocenters. The van der Waals surface area contributed by atoms with Gasteiger partial charge in [-0.3, -0.25) is 5.32 Å². The van der Waals surface area contributed by atoms with Crippen LogP contribution < -0.4 is 10.6 Å². The van der Waals surface area contributed by atoms with Crippen molar-refractivity contribution < 1.29 is 0 Å². The number of anilines is 2. The first-order chi connectivity index (χ1) is 12.1. The van der Waals surface area contributed by atoms with Crippen LogP contribution in [-0.4, -0.2) is 19.9 Å². The van der Waals surface area contributed by atoms with E-state index in [9.17, 15) is 0 Å². The number of benzene rings is 2. The van der Waals surface area contributed by atoms with E-state index >= 15 is 0 Å². The van der Waals surface area contributed by atoms with Gasteiger partial charge in [0.25, 0.3) is 0 Å². The number of para-hydroxylation sites is 1. The van der Waals surface area contributed by atoms with Crippen LogP contribution in [0.25, 0.3) is 0 Å². The number of aromatic nitrogens is 3. The van der Waals surface area contributed by atoms with Gasteiger partial charge in [0.15, 0.2) is 5.11 Å². The highest BCUT2D eigenvalue weighted by Crippen LogP contribution is 2.15. The van der Waals surface area contributed by atoms with Crippen LogP contribution in [0, 0.1) is 6.92 Å². The summed E-state index contributed by atoms with van der Waals surface area (Å²) in [6, 6.07) is 16.4. The van der Waals surface area contributed by atoms with Gasteiger partial charge in [-0.05, 0) is 42.8 Å². The van der Waals surface area contributed by atoms with Crippen LogP contribution in [0.2, 0.25) is 0 Å². The van der Waals surface area contributed by atoms with Crippen molar-refractivity contribution in [3.8, 4) is 0 Å². The molecule has 0 fully saturated rings. The number of aryl methyl sites for hydroxylation is 2. The van der Waals surface area contributed by atoms with Crippen molar-refractivity contribution >= 4 is 29.0 Å². The molecule has 0 saturated carbocycles. The summed E-state index contributed by atoms with van der Waals surface area (Å²) in [6.45, 7) is 4.87. The average molecular weight is 351 g/mol. The van der Waals surface area contributed by atoms with E-state index in [1.165, 1.54) is 16.7 Å². The Balaban J connectivity index is 1.62. The minimum absolute atomic E-state index is 0.481. The summed E-state index contributed by atoms with van der Waals surface area (Å²) in [5.74, 6) is 0.485. The molecule has 3 aromatic rings. The predicted molar refractivity (Wildman–Crippen MR) is 106 cm³/mol. The maximum atomic E-state index is 5.37. The second kappa shape index (κ2) is 7.90. The van der Waals surface area contributed by atoms with Gasteiger partial charge in [0.05, 0.1) is 6.54 Å². The Morgan fingerprint density at radius 1 is 1.12 bits per heavy atom. The van der Waals surface area contributed by atoms with Crippen LogP contribution in [0.15, 0.2) is 54.9 Å². The first-order valence-corrected chi connectivity index (χ1v) is 8.66. The fourth-order valence-electron chi connectivity index (χ4n) is 2.63. The molecule has 5 nitrogen and oxygen atoms in total. The van der Waals surface area contributed by atoms with E-state index in [1.807, 2.05) is 24.3 Å². The first-order valence-electron chi connectivity index (χ1n) is 8.25. The van der Waals surface area contributed by atoms with Gasteiger partial charge in [-0.25, -0.2) is 9.67 Å². The third-order valence-corrected chi connectivity index (χ3v) is 4.04. The van der Waals surface area contributed by atoms with E-state index in [0.29, 0.717) is 17.6 Å². The van der Waals surface area contributed by atoms with Crippen LogP contribution in [0.3, 0.4) is 0 Å². The van der Waals surface area contributed by atoms with Crippen molar-refractivity contribution in [3.63, 3.8) is 0 Å². The second-order valence-corrected chi connectivity index (χ2v) is 6.25. The summed E-state index contributed by atoms with van der Waals surface area (Å²) in [7, 11) is 0. The van der Waals surface area contributed by atoms with Gasteiger partial charge in [0.2, 0.25) is 5.95 Å². The van der Waals surface area contributed by atoms with Crippen LogP contribution in [0.4, 0.5) is 11.6 Å². The lowest BCUT2D eigenvalue weighted by Gasteiger charge is -2.11. The van der Waals surface area contributed by atoms with E-state index < -0.39 is 0 Å². The SMILES string of the molecule is CCc1ccccc1NC(=S)Nc1ncn(Cc2cccc(C)c2)n1. The number of nitrogens with zero attached hydrogens (tertiary/aromatic N) is 3. The number of thiocarbonyl (C=S) groups is 1. The molecule has 128 valence electrons. The summed E-state index contributed by atoms with van der Waals surface area (Å²) in [5, 5.41) is 11.2. The van der Waals surface area contributed by atoms with Gasteiger partial charge in [-0.15, -0.1) is 5.10 Å². The maximum absolute atomic E-state index is 5.37. The van der Waals surface area contributed by atoms with E-state index in [-0.39, 0.29) is 0 Å². The average Bonchev–Trinajstić information content (AvgIpc) is 3.02. The zero-order chi connectivity index (χ0) is 17.6. The lowest BCUT2D eigenvalue weighted by Crippen LogP contribution is -2.20. The molecule has 3 rings (SSSR count). The molecule has 1 aromatic heterocycles. The highest BCUT2D eigenvalue weighted by Gasteiger charge is 2.06. The lowest BCUT2D eigenvalue weighted by molar-refractivity contribution is 0.687. The lowest BCUT2D eigenvalue weighted by atomic mass is 10.1. The molecule has 0 amide bonds. The summed E-state index contributed by atoms with van der Waals surface area (Å²) < 4.78 is 1.79. The van der Waals surface area contributed by atoms with E-state index in [2.05, 4.69) is 58.8 Å². The fourth-order valence-corrected chi connectivity index (χ4v) is 2.83. The van der Waals surface area contributed by atoms with Gasteiger partial charge in [0, 0.05) is 5.69 Å². The number of rotatable bonds is 5. The van der Waals surface area contributed by atoms with Crippen molar-refractivity contribution in [2.45, 2.75) is 26.8 Å². The van der Waals surface area contributed by atoms with Gasteiger partial charge in [-0.1, -0.05) is 55.0 Å². The van der Waals surface area contributed by atoms with Crippen molar-refractivity contribution in [2.75, 3.05) is 10.6 Å². The smallest absolute Gasteiger partial charge is 0.248 e. The monoisotopic (exact) mass is 351 g/mol. The molecule has 0 atom stereocenters. The summed E-state index contributed by atoms with van der Waals surface area (Å²) in [6.07, 6.45) is 2.64. The highest BCUT2D eigenvalue weighted by atomic mass is 32.1. The first kappa shape index (κ1) is 17.1. The summed E-state index contributed by atoms with van der Waals surface area (Å²) in [4.78, 5) is 4.27. The minimum atomic E-state index is 0.481. The molecule has 0 bridgehead atoms. The topological polar surface area (TPSA) is 54.8 Å². The highest BCUT2D eigenvalue weighted by molar-refractivity contribution is 7.80. The maximum Gasteiger partial charge on any atom is 0.248 e. The second-order valence-electron chi connectivity index (χ2n) is 5.84.